The molecule has 1 aliphatic rings. The van der Waals surface area contributed by atoms with Crippen LogP contribution in [-0.4, -0.2) is 42.7 Å². The third kappa shape index (κ3) is 3.43. The largest absolute Gasteiger partial charge is 0.481 e. The first-order valence-corrected chi connectivity index (χ1v) is 6.63. The second kappa shape index (κ2) is 6.16. The Morgan fingerprint density at radius 2 is 2.39 bits per heavy atom. The average molecular weight is 249 g/mol. The quantitative estimate of drug-likeness (QED) is 0.878. The van der Waals surface area contributed by atoms with Gasteiger partial charge < -0.3 is 10.1 Å². The molecule has 1 fully saturated rings. The topological polar surface area (TPSA) is 37.4 Å². The number of methoxy groups -OCH3 is 1. The van der Waals surface area contributed by atoms with E-state index in [0.29, 0.717) is 17.8 Å². The van der Waals surface area contributed by atoms with Gasteiger partial charge in [-0.25, -0.2) is 4.98 Å². The number of rotatable bonds is 4. The van der Waals surface area contributed by atoms with Crippen LogP contribution in [0.25, 0.3) is 0 Å². The fraction of sp³-hybridized carbons (Fsp3) is 0.643. The number of nitrogens with one attached hydrogen (secondary N) is 1. The summed E-state index contributed by atoms with van der Waals surface area (Å²) < 4.78 is 5.16. The van der Waals surface area contributed by atoms with Crippen molar-refractivity contribution in [3.63, 3.8) is 0 Å². The Kier molecular flexibility index (Phi) is 4.55. The molecule has 1 unspecified atom stereocenters. The summed E-state index contributed by atoms with van der Waals surface area (Å²) in [5, 5.41) is 3.58. The van der Waals surface area contributed by atoms with E-state index in [0.717, 1.165) is 26.2 Å². The Labute approximate surface area is 109 Å². The number of piperazine rings is 1. The molecule has 2 heterocycles. The van der Waals surface area contributed by atoms with E-state index in [1.165, 1.54) is 5.56 Å². The number of ether oxygens (including phenoxy) is 1. The Morgan fingerprint density at radius 3 is 3.11 bits per heavy atom. The van der Waals surface area contributed by atoms with Crippen LogP contribution in [0, 0.1) is 5.92 Å². The van der Waals surface area contributed by atoms with E-state index in [1.54, 1.807) is 7.11 Å². The highest BCUT2D eigenvalue weighted by Crippen LogP contribution is 2.14. The van der Waals surface area contributed by atoms with Gasteiger partial charge in [0.2, 0.25) is 5.88 Å². The van der Waals surface area contributed by atoms with Gasteiger partial charge in [0.05, 0.1) is 7.11 Å². The van der Waals surface area contributed by atoms with E-state index < -0.39 is 0 Å². The molecule has 1 saturated heterocycles. The van der Waals surface area contributed by atoms with E-state index in [4.69, 9.17) is 4.74 Å². The summed E-state index contributed by atoms with van der Waals surface area (Å²) in [7, 11) is 1.66. The first kappa shape index (κ1) is 13.3. The summed E-state index contributed by atoms with van der Waals surface area (Å²) in [4.78, 5) is 6.64. The van der Waals surface area contributed by atoms with Crippen LogP contribution < -0.4 is 10.1 Å². The summed E-state index contributed by atoms with van der Waals surface area (Å²) in [6, 6.07) is 4.68. The molecule has 4 heteroatoms. The van der Waals surface area contributed by atoms with Gasteiger partial charge in [-0.3, -0.25) is 4.90 Å². The van der Waals surface area contributed by atoms with Crippen LogP contribution in [0.4, 0.5) is 0 Å². The van der Waals surface area contributed by atoms with Crippen molar-refractivity contribution in [3.8, 4) is 5.88 Å². The summed E-state index contributed by atoms with van der Waals surface area (Å²) in [5.74, 6) is 1.38. The van der Waals surface area contributed by atoms with Gasteiger partial charge in [-0.2, -0.15) is 0 Å². The molecule has 18 heavy (non-hydrogen) atoms. The molecule has 1 aromatic heterocycles. The zero-order valence-electron chi connectivity index (χ0n) is 11.5. The number of aromatic nitrogens is 1. The van der Waals surface area contributed by atoms with Crippen molar-refractivity contribution < 1.29 is 4.74 Å². The second-order valence-electron chi connectivity index (χ2n) is 5.25. The molecule has 0 spiro atoms. The minimum atomic E-state index is 0.600. The third-order valence-corrected chi connectivity index (χ3v) is 3.51. The minimum absolute atomic E-state index is 0.600. The van der Waals surface area contributed by atoms with Crippen LogP contribution in [0.1, 0.15) is 19.4 Å². The van der Waals surface area contributed by atoms with Gasteiger partial charge in [-0.1, -0.05) is 13.8 Å². The summed E-state index contributed by atoms with van der Waals surface area (Å²) >= 11 is 0. The molecule has 4 nitrogen and oxygen atoms in total. The molecule has 0 aromatic carbocycles. The van der Waals surface area contributed by atoms with Crippen molar-refractivity contribution in [2.45, 2.75) is 26.4 Å². The summed E-state index contributed by atoms with van der Waals surface area (Å²) in [5.41, 5.74) is 1.27. The van der Waals surface area contributed by atoms with Crippen molar-refractivity contribution in [3.05, 3.63) is 23.9 Å². The number of pyridine rings is 1. The molecule has 0 aliphatic carbocycles. The monoisotopic (exact) mass is 249 g/mol. The van der Waals surface area contributed by atoms with E-state index in [9.17, 15) is 0 Å². The van der Waals surface area contributed by atoms with E-state index in [2.05, 4.69) is 35.1 Å². The normalized spacial score (nSPS) is 21.2. The maximum atomic E-state index is 5.16. The van der Waals surface area contributed by atoms with Crippen molar-refractivity contribution in [1.29, 1.82) is 0 Å². The lowest BCUT2D eigenvalue weighted by molar-refractivity contribution is 0.168. The molecule has 1 atom stereocenters. The molecule has 2 rings (SSSR count). The van der Waals surface area contributed by atoms with E-state index in [-0.39, 0.29) is 0 Å². The third-order valence-electron chi connectivity index (χ3n) is 3.51. The van der Waals surface area contributed by atoms with Crippen molar-refractivity contribution in [2.24, 2.45) is 5.92 Å². The van der Waals surface area contributed by atoms with E-state index >= 15 is 0 Å². The fourth-order valence-electron chi connectivity index (χ4n) is 2.35. The van der Waals surface area contributed by atoms with Gasteiger partial charge in [0, 0.05) is 44.5 Å². The summed E-state index contributed by atoms with van der Waals surface area (Å²) in [6.45, 7) is 8.82. The smallest absolute Gasteiger partial charge is 0.213 e. The highest BCUT2D eigenvalue weighted by molar-refractivity contribution is 5.20. The molecule has 100 valence electrons. The van der Waals surface area contributed by atoms with Crippen LogP contribution in [0.15, 0.2) is 18.3 Å². The zero-order valence-corrected chi connectivity index (χ0v) is 11.5. The van der Waals surface area contributed by atoms with Crippen LogP contribution in [0.5, 0.6) is 5.88 Å². The molecule has 1 aromatic rings. The molecular weight excluding hydrogens is 226 g/mol. The second-order valence-corrected chi connectivity index (χ2v) is 5.25. The molecular formula is C14H23N3O. The standard InChI is InChI=1S/C14H23N3O/c1-11(2)13-10-17(7-6-15-13)9-12-4-5-16-14(8-12)18-3/h4-5,8,11,13,15H,6-7,9-10H2,1-3H3. The predicted molar refractivity (Wildman–Crippen MR) is 72.7 cm³/mol. The Hall–Kier alpha value is -1.13. The highest BCUT2D eigenvalue weighted by Gasteiger charge is 2.21. The molecule has 1 N–H and O–H groups in total. The van der Waals surface area contributed by atoms with Gasteiger partial charge in [0.25, 0.3) is 0 Å². The van der Waals surface area contributed by atoms with Crippen LogP contribution in [-0.2, 0) is 6.54 Å². The lowest BCUT2D eigenvalue weighted by atomic mass is 10.0. The molecule has 0 amide bonds. The van der Waals surface area contributed by atoms with Gasteiger partial charge in [-0.05, 0) is 17.5 Å². The molecule has 0 saturated carbocycles. The Balaban J connectivity index is 1.95. The van der Waals surface area contributed by atoms with Crippen molar-refractivity contribution in [1.82, 2.24) is 15.2 Å². The van der Waals surface area contributed by atoms with Gasteiger partial charge >= 0.3 is 0 Å². The van der Waals surface area contributed by atoms with Gasteiger partial charge in [0.15, 0.2) is 0 Å². The van der Waals surface area contributed by atoms with Crippen LogP contribution in [0.2, 0.25) is 0 Å². The van der Waals surface area contributed by atoms with Crippen LogP contribution in [0.3, 0.4) is 0 Å². The van der Waals surface area contributed by atoms with Crippen LogP contribution >= 0.6 is 0 Å². The first-order valence-electron chi connectivity index (χ1n) is 6.63. The Morgan fingerprint density at radius 1 is 1.56 bits per heavy atom. The maximum absolute atomic E-state index is 5.16. The van der Waals surface area contributed by atoms with E-state index in [1.807, 2.05) is 12.3 Å². The number of nitrogens with zero attached hydrogens (tertiary/aromatic N) is 2. The molecule has 0 radical (unpaired) electrons. The first-order chi connectivity index (χ1) is 8.69. The molecule has 0 bridgehead atoms. The van der Waals surface area contributed by atoms with Crippen molar-refractivity contribution in [2.75, 3.05) is 26.7 Å². The predicted octanol–water partition coefficient (Wildman–Crippen LogP) is 1.52. The zero-order chi connectivity index (χ0) is 13.0. The van der Waals surface area contributed by atoms with Crippen molar-refractivity contribution >= 4 is 0 Å². The number of hydrogen-bond acceptors (Lipinski definition) is 4. The highest BCUT2D eigenvalue weighted by atomic mass is 16.5. The summed E-state index contributed by atoms with van der Waals surface area (Å²) in [6.07, 6.45) is 1.82. The number of hydrogen-bond donors (Lipinski definition) is 1. The minimum Gasteiger partial charge on any atom is -0.481 e. The maximum Gasteiger partial charge on any atom is 0.213 e. The lowest BCUT2D eigenvalue weighted by Gasteiger charge is -2.35. The Bertz CT molecular complexity index is 381. The fourth-order valence-corrected chi connectivity index (χ4v) is 2.35. The van der Waals surface area contributed by atoms with Gasteiger partial charge in [-0.15, -0.1) is 0 Å². The average Bonchev–Trinajstić information content (AvgIpc) is 2.39. The molecule has 1 aliphatic heterocycles. The van der Waals surface area contributed by atoms with Gasteiger partial charge in [0.1, 0.15) is 0 Å². The lowest BCUT2D eigenvalue weighted by Crippen LogP contribution is -2.52. The SMILES string of the molecule is COc1cc(CN2CCNC(C(C)C)C2)ccn1.